The average molecular weight is 243 g/mol. The zero-order chi connectivity index (χ0) is 12.0. The molecular weight excluding hydrogens is 228 g/mol. The molecule has 1 aromatic rings. The molecule has 0 aliphatic rings. The molecule has 0 unspecified atom stereocenters. The second-order valence-electron chi connectivity index (χ2n) is 3.18. The fourth-order valence-electron chi connectivity index (χ4n) is 1.16. The minimum Gasteiger partial charge on any atom is -0.381 e. The summed E-state index contributed by atoms with van der Waals surface area (Å²) < 4.78 is 1.26. The number of nitrogens with zero attached hydrogens (tertiary/aromatic N) is 2. The van der Waals surface area contributed by atoms with Gasteiger partial charge in [-0.3, -0.25) is 4.79 Å². The van der Waals surface area contributed by atoms with Gasteiger partial charge in [0.25, 0.3) is 5.56 Å². The van der Waals surface area contributed by atoms with Crippen LogP contribution in [0.4, 0.5) is 5.69 Å². The van der Waals surface area contributed by atoms with Crippen molar-refractivity contribution < 1.29 is 0 Å². The van der Waals surface area contributed by atoms with Gasteiger partial charge in [0.1, 0.15) is 5.02 Å². The van der Waals surface area contributed by atoms with Crippen molar-refractivity contribution in [2.75, 3.05) is 25.5 Å². The first-order chi connectivity index (χ1) is 7.70. The largest absolute Gasteiger partial charge is 0.381 e. The summed E-state index contributed by atoms with van der Waals surface area (Å²) in [7, 11) is 1.85. The summed E-state index contributed by atoms with van der Waals surface area (Å²) >= 11 is 5.92. The predicted octanol–water partition coefficient (Wildman–Crippen LogP) is 0.714. The van der Waals surface area contributed by atoms with E-state index < -0.39 is 0 Å². The Morgan fingerprint density at radius 3 is 3.00 bits per heavy atom. The first-order valence-electron chi connectivity index (χ1n) is 4.95. The SMILES string of the molecule is C=CCn1ncc(NCCNC)c(Cl)c1=O. The van der Waals surface area contributed by atoms with Gasteiger partial charge < -0.3 is 10.6 Å². The third kappa shape index (κ3) is 3.08. The van der Waals surface area contributed by atoms with Crippen molar-refractivity contribution in [2.24, 2.45) is 0 Å². The van der Waals surface area contributed by atoms with E-state index in [1.165, 1.54) is 4.68 Å². The molecular formula is C10H15ClN4O. The number of likely N-dealkylation sites (N-methyl/N-ethyl adjacent to an activating group) is 1. The van der Waals surface area contributed by atoms with Crippen LogP contribution in [-0.2, 0) is 6.54 Å². The van der Waals surface area contributed by atoms with Gasteiger partial charge >= 0.3 is 0 Å². The fraction of sp³-hybridized carbons (Fsp3) is 0.400. The number of rotatable bonds is 6. The van der Waals surface area contributed by atoms with Crippen LogP contribution in [0.3, 0.4) is 0 Å². The van der Waals surface area contributed by atoms with Gasteiger partial charge in [0.05, 0.1) is 18.4 Å². The zero-order valence-corrected chi connectivity index (χ0v) is 9.92. The molecule has 16 heavy (non-hydrogen) atoms. The topological polar surface area (TPSA) is 59.0 Å². The summed E-state index contributed by atoms with van der Waals surface area (Å²) in [6, 6.07) is 0. The molecule has 0 radical (unpaired) electrons. The van der Waals surface area contributed by atoms with Crippen LogP contribution in [0.25, 0.3) is 0 Å². The molecule has 0 aliphatic carbocycles. The number of allylic oxidation sites excluding steroid dienone is 1. The quantitative estimate of drug-likeness (QED) is 0.570. The highest BCUT2D eigenvalue weighted by Crippen LogP contribution is 2.14. The summed E-state index contributed by atoms with van der Waals surface area (Å²) in [6.07, 6.45) is 3.14. The Hall–Kier alpha value is -1.33. The first-order valence-corrected chi connectivity index (χ1v) is 5.33. The van der Waals surface area contributed by atoms with E-state index in [1.54, 1.807) is 12.3 Å². The second kappa shape index (κ2) is 6.30. The van der Waals surface area contributed by atoms with Gasteiger partial charge in [-0.25, -0.2) is 4.68 Å². The monoisotopic (exact) mass is 242 g/mol. The summed E-state index contributed by atoms with van der Waals surface area (Å²) in [5.41, 5.74) is 0.248. The summed E-state index contributed by atoms with van der Waals surface area (Å²) in [5, 5.41) is 10.1. The molecule has 0 atom stereocenters. The minimum absolute atomic E-state index is 0.160. The van der Waals surface area contributed by atoms with Crippen molar-refractivity contribution in [3.8, 4) is 0 Å². The lowest BCUT2D eigenvalue weighted by molar-refractivity contribution is 0.652. The van der Waals surface area contributed by atoms with Gasteiger partial charge in [0.15, 0.2) is 0 Å². The molecule has 0 fully saturated rings. The van der Waals surface area contributed by atoms with Crippen molar-refractivity contribution in [3.63, 3.8) is 0 Å². The van der Waals surface area contributed by atoms with E-state index in [0.29, 0.717) is 18.8 Å². The Labute approximate surface area is 99.1 Å². The highest BCUT2D eigenvalue weighted by Gasteiger charge is 2.07. The maximum absolute atomic E-state index is 11.7. The lowest BCUT2D eigenvalue weighted by atomic mass is 10.4. The number of aromatic nitrogens is 2. The van der Waals surface area contributed by atoms with Crippen molar-refractivity contribution in [1.82, 2.24) is 15.1 Å². The fourth-order valence-corrected chi connectivity index (χ4v) is 1.38. The molecule has 5 nitrogen and oxygen atoms in total. The Balaban J connectivity index is 2.85. The maximum Gasteiger partial charge on any atom is 0.287 e. The number of hydrogen-bond donors (Lipinski definition) is 2. The van der Waals surface area contributed by atoms with Gasteiger partial charge in [-0.1, -0.05) is 17.7 Å². The van der Waals surface area contributed by atoms with Crippen LogP contribution in [0.15, 0.2) is 23.6 Å². The summed E-state index contributed by atoms with van der Waals surface area (Å²) in [6.45, 7) is 5.37. The van der Waals surface area contributed by atoms with Crippen molar-refractivity contribution in [1.29, 1.82) is 0 Å². The zero-order valence-electron chi connectivity index (χ0n) is 9.16. The first kappa shape index (κ1) is 12.7. The lowest BCUT2D eigenvalue weighted by Crippen LogP contribution is -2.25. The molecule has 2 N–H and O–H groups in total. The highest BCUT2D eigenvalue weighted by atomic mass is 35.5. The van der Waals surface area contributed by atoms with Crippen molar-refractivity contribution in [2.45, 2.75) is 6.54 Å². The lowest BCUT2D eigenvalue weighted by Gasteiger charge is -2.08. The molecule has 1 heterocycles. The van der Waals surface area contributed by atoms with Gasteiger partial charge in [0, 0.05) is 13.1 Å². The van der Waals surface area contributed by atoms with Gasteiger partial charge in [-0.2, -0.15) is 5.10 Å². The van der Waals surface area contributed by atoms with Gasteiger partial charge in [0.2, 0.25) is 0 Å². The number of hydrogen-bond acceptors (Lipinski definition) is 4. The highest BCUT2D eigenvalue weighted by molar-refractivity contribution is 6.32. The standard InChI is InChI=1S/C10H15ClN4O/c1-3-6-15-10(16)9(11)8(7-14-15)13-5-4-12-2/h3,7,12-13H,1,4-6H2,2H3. The van der Waals surface area contributed by atoms with Crippen LogP contribution in [0, 0.1) is 0 Å². The Morgan fingerprint density at radius 2 is 2.38 bits per heavy atom. The van der Waals surface area contributed by atoms with Gasteiger partial charge in [-0.05, 0) is 7.05 Å². The Kier molecular flexibility index (Phi) is 5.01. The third-order valence-electron chi connectivity index (χ3n) is 1.98. The average Bonchev–Trinajstić information content (AvgIpc) is 2.28. The van der Waals surface area contributed by atoms with E-state index in [0.717, 1.165) is 6.54 Å². The molecule has 6 heteroatoms. The Bertz CT molecular complexity index is 416. The van der Waals surface area contributed by atoms with E-state index >= 15 is 0 Å². The van der Waals surface area contributed by atoms with Crippen LogP contribution in [0.1, 0.15) is 0 Å². The summed E-state index contributed by atoms with van der Waals surface area (Å²) in [4.78, 5) is 11.7. The number of anilines is 1. The van der Waals surface area contributed by atoms with Crippen LogP contribution in [0.2, 0.25) is 5.02 Å². The van der Waals surface area contributed by atoms with E-state index in [9.17, 15) is 4.79 Å². The molecule has 0 saturated carbocycles. The third-order valence-corrected chi connectivity index (χ3v) is 2.34. The molecule has 1 aromatic heterocycles. The molecule has 0 aromatic carbocycles. The molecule has 88 valence electrons. The number of nitrogens with one attached hydrogen (secondary N) is 2. The Morgan fingerprint density at radius 1 is 1.62 bits per heavy atom. The molecule has 0 spiro atoms. The van der Waals surface area contributed by atoms with E-state index in [4.69, 9.17) is 11.6 Å². The molecule has 0 aliphatic heterocycles. The van der Waals surface area contributed by atoms with Crippen LogP contribution in [0.5, 0.6) is 0 Å². The van der Waals surface area contributed by atoms with E-state index in [2.05, 4.69) is 22.3 Å². The predicted molar refractivity (Wildman–Crippen MR) is 66.1 cm³/mol. The van der Waals surface area contributed by atoms with Crippen LogP contribution in [-0.4, -0.2) is 29.9 Å². The summed E-state index contributed by atoms with van der Waals surface area (Å²) in [5.74, 6) is 0. The smallest absolute Gasteiger partial charge is 0.287 e. The molecule has 0 amide bonds. The molecule has 0 bridgehead atoms. The molecule has 1 rings (SSSR count). The second-order valence-corrected chi connectivity index (χ2v) is 3.56. The van der Waals surface area contributed by atoms with Crippen molar-refractivity contribution >= 4 is 17.3 Å². The van der Waals surface area contributed by atoms with Crippen LogP contribution >= 0.6 is 11.6 Å². The van der Waals surface area contributed by atoms with Gasteiger partial charge in [-0.15, -0.1) is 6.58 Å². The minimum atomic E-state index is -0.309. The van der Waals surface area contributed by atoms with Crippen LogP contribution < -0.4 is 16.2 Å². The number of halogens is 1. The molecule has 0 saturated heterocycles. The maximum atomic E-state index is 11.7. The van der Waals surface area contributed by atoms with E-state index in [-0.39, 0.29) is 10.6 Å². The van der Waals surface area contributed by atoms with E-state index in [1.807, 2.05) is 7.05 Å². The normalized spacial score (nSPS) is 10.1. The van der Waals surface area contributed by atoms with Crippen molar-refractivity contribution in [3.05, 3.63) is 34.2 Å².